The quantitative estimate of drug-likeness (QED) is 0.784. The SMILES string of the molecule is COc1cc(C(=O)N2CCO[C@H](C)[C@H]2C(N)=O)on1. The maximum absolute atomic E-state index is 12.3. The second-order valence-corrected chi connectivity index (χ2v) is 4.16. The number of nitrogens with two attached hydrogens (primary N) is 1. The Bertz CT molecular complexity index is 486. The lowest BCUT2D eigenvalue weighted by atomic mass is 10.1. The lowest BCUT2D eigenvalue weighted by molar-refractivity contribution is -0.132. The number of hydrogen-bond acceptors (Lipinski definition) is 6. The van der Waals surface area contributed by atoms with Crippen molar-refractivity contribution in [3.63, 3.8) is 0 Å². The molecule has 1 aromatic rings. The van der Waals surface area contributed by atoms with Gasteiger partial charge in [0, 0.05) is 6.54 Å². The minimum Gasteiger partial charge on any atom is -0.479 e. The van der Waals surface area contributed by atoms with Crippen LogP contribution in [0.2, 0.25) is 0 Å². The molecule has 1 aliphatic rings. The molecule has 8 heteroatoms. The van der Waals surface area contributed by atoms with Crippen LogP contribution in [0.3, 0.4) is 0 Å². The number of amides is 2. The molecule has 2 N–H and O–H groups in total. The Morgan fingerprint density at radius 3 is 2.89 bits per heavy atom. The first-order chi connectivity index (χ1) is 9.04. The third-order valence-corrected chi connectivity index (χ3v) is 2.95. The fraction of sp³-hybridized carbons (Fsp3) is 0.545. The minimum absolute atomic E-state index is 0.00259. The van der Waals surface area contributed by atoms with E-state index in [1.165, 1.54) is 18.1 Å². The molecule has 1 aromatic heterocycles. The zero-order valence-electron chi connectivity index (χ0n) is 10.7. The molecule has 19 heavy (non-hydrogen) atoms. The van der Waals surface area contributed by atoms with E-state index < -0.39 is 24.0 Å². The molecule has 2 heterocycles. The van der Waals surface area contributed by atoms with Gasteiger partial charge in [0.15, 0.2) is 0 Å². The molecule has 0 aromatic carbocycles. The summed E-state index contributed by atoms with van der Waals surface area (Å²) in [5, 5.41) is 3.55. The van der Waals surface area contributed by atoms with E-state index in [2.05, 4.69) is 5.16 Å². The zero-order chi connectivity index (χ0) is 14.0. The van der Waals surface area contributed by atoms with Crippen molar-refractivity contribution >= 4 is 11.8 Å². The molecule has 2 rings (SSSR count). The lowest BCUT2D eigenvalue weighted by Crippen LogP contribution is -2.58. The van der Waals surface area contributed by atoms with Gasteiger partial charge in [0.25, 0.3) is 11.8 Å². The molecule has 104 valence electrons. The van der Waals surface area contributed by atoms with Gasteiger partial charge in [-0.3, -0.25) is 9.59 Å². The molecule has 0 unspecified atom stereocenters. The van der Waals surface area contributed by atoms with Crippen LogP contribution in [0.5, 0.6) is 5.88 Å². The summed E-state index contributed by atoms with van der Waals surface area (Å²) in [7, 11) is 1.41. The summed E-state index contributed by atoms with van der Waals surface area (Å²) in [6.45, 7) is 2.29. The van der Waals surface area contributed by atoms with Gasteiger partial charge >= 0.3 is 0 Å². The molecule has 0 aliphatic carbocycles. The van der Waals surface area contributed by atoms with Crippen LogP contribution in [0.1, 0.15) is 17.5 Å². The summed E-state index contributed by atoms with van der Waals surface area (Å²) in [5.41, 5.74) is 5.31. The highest BCUT2D eigenvalue weighted by Gasteiger charge is 2.38. The van der Waals surface area contributed by atoms with Crippen LogP contribution in [0.25, 0.3) is 0 Å². The zero-order valence-corrected chi connectivity index (χ0v) is 10.7. The van der Waals surface area contributed by atoms with Crippen molar-refractivity contribution in [2.45, 2.75) is 19.1 Å². The van der Waals surface area contributed by atoms with E-state index in [-0.39, 0.29) is 18.2 Å². The molecular weight excluding hydrogens is 254 g/mol. The van der Waals surface area contributed by atoms with Gasteiger partial charge in [0.1, 0.15) is 6.04 Å². The number of morpholine rings is 1. The largest absolute Gasteiger partial charge is 0.479 e. The summed E-state index contributed by atoms with van der Waals surface area (Å²) >= 11 is 0. The van der Waals surface area contributed by atoms with E-state index in [0.29, 0.717) is 6.61 Å². The average Bonchev–Trinajstić information content (AvgIpc) is 2.85. The van der Waals surface area contributed by atoms with Gasteiger partial charge in [-0.15, -0.1) is 0 Å². The average molecular weight is 269 g/mol. The summed E-state index contributed by atoms with van der Waals surface area (Å²) in [5.74, 6) is -0.890. The van der Waals surface area contributed by atoms with E-state index in [4.69, 9.17) is 19.7 Å². The molecule has 8 nitrogen and oxygen atoms in total. The van der Waals surface area contributed by atoms with E-state index in [1.54, 1.807) is 6.92 Å². The van der Waals surface area contributed by atoms with Crippen molar-refractivity contribution in [2.24, 2.45) is 5.73 Å². The molecule has 0 radical (unpaired) electrons. The van der Waals surface area contributed by atoms with Crippen molar-refractivity contribution in [1.29, 1.82) is 0 Å². The summed E-state index contributed by atoms with van der Waals surface area (Å²) in [4.78, 5) is 25.0. The van der Waals surface area contributed by atoms with Crippen LogP contribution in [-0.4, -0.2) is 54.3 Å². The summed E-state index contributed by atoms with van der Waals surface area (Å²) in [6, 6.07) is 0.540. The second-order valence-electron chi connectivity index (χ2n) is 4.16. The third-order valence-electron chi connectivity index (χ3n) is 2.95. The van der Waals surface area contributed by atoms with Gasteiger partial charge in [0.05, 0.1) is 25.9 Å². The number of aromatic nitrogens is 1. The Hall–Kier alpha value is -2.09. The Morgan fingerprint density at radius 2 is 2.32 bits per heavy atom. The number of rotatable bonds is 3. The first-order valence-electron chi connectivity index (χ1n) is 5.77. The van der Waals surface area contributed by atoms with Gasteiger partial charge in [-0.1, -0.05) is 0 Å². The van der Waals surface area contributed by atoms with Crippen LogP contribution in [0.15, 0.2) is 10.6 Å². The normalized spacial score (nSPS) is 23.2. The molecule has 1 aliphatic heterocycles. The van der Waals surface area contributed by atoms with Crippen molar-refractivity contribution in [1.82, 2.24) is 10.1 Å². The van der Waals surface area contributed by atoms with Gasteiger partial charge in [-0.25, -0.2) is 0 Å². The number of methoxy groups -OCH3 is 1. The van der Waals surface area contributed by atoms with E-state index in [1.807, 2.05) is 0 Å². The molecule has 0 spiro atoms. The van der Waals surface area contributed by atoms with Crippen molar-refractivity contribution in [3.05, 3.63) is 11.8 Å². The number of primary amides is 1. The molecule has 1 fully saturated rings. The summed E-state index contributed by atoms with van der Waals surface area (Å²) in [6.07, 6.45) is -0.458. The van der Waals surface area contributed by atoms with E-state index in [9.17, 15) is 9.59 Å². The van der Waals surface area contributed by atoms with Crippen LogP contribution in [0.4, 0.5) is 0 Å². The Kier molecular flexibility index (Phi) is 3.70. The number of hydrogen-bond donors (Lipinski definition) is 1. The molecule has 0 bridgehead atoms. The number of ether oxygens (including phenoxy) is 2. The monoisotopic (exact) mass is 269 g/mol. The Balaban J connectivity index is 2.22. The summed E-state index contributed by atoms with van der Waals surface area (Å²) < 4.78 is 15.0. The minimum atomic E-state index is -0.822. The second kappa shape index (κ2) is 5.27. The van der Waals surface area contributed by atoms with Crippen LogP contribution < -0.4 is 10.5 Å². The van der Waals surface area contributed by atoms with Crippen molar-refractivity contribution in [2.75, 3.05) is 20.3 Å². The standard InChI is InChI=1S/C11H15N3O5/c1-6-9(10(12)15)14(3-4-18-6)11(16)7-5-8(17-2)13-19-7/h5-6,9H,3-4H2,1-2H3,(H2,12,15)/t6-,9+/m1/s1. The number of carbonyl (C=O) groups excluding carboxylic acids is 2. The highest BCUT2D eigenvalue weighted by molar-refractivity contribution is 5.95. The van der Waals surface area contributed by atoms with E-state index >= 15 is 0 Å². The third kappa shape index (κ3) is 2.53. The predicted molar refractivity (Wildman–Crippen MR) is 62.5 cm³/mol. The maximum Gasteiger partial charge on any atom is 0.293 e. The van der Waals surface area contributed by atoms with E-state index in [0.717, 1.165) is 0 Å². The lowest BCUT2D eigenvalue weighted by Gasteiger charge is -2.37. The van der Waals surface area contributed by atoms with Gasteiger partial charge in [-0.05, 0) is 12.1 Å². The first-order valence-corrected chi connectivity index (χ1v) is 5.77. The van der Waals surface area contributed by atoms with Gasteiger partial charge < -0.3 is 24.6 Å². The molecule has 2 amide bonds. The maximum atomic E-state index is 12.3. The molecule has 1 saturated heterocycles. The van der Waals surface area contributed by atoms with Crippen LogP contribution in [0, 0.1) is 0 Å². The smallest absolute Gasteiger partial charge is 0.293 e. The number of carbonyl (C=O) groups is 2. The fourth-order valence-electron chi connectivity index (χ4n) is 2.03. The first kappa shape index (κ1) is 13.3. The van der Waals surface area contributed by atoms with Crippen molar-refractivity contribution < 1.29 is 23.6 Å². The Labute approximate surface area is 109 Å². The molecule has 0 saturated carbocycles. The van der Waals surface area contributed by atoms with Crippen LogP contribution >= 0.6 is 0 Å². The van der Waals surface area contributed by atoms with Gasteiger partial charge in [-0.2, -0.15) is 0 Å². The Morgan fingerprint density at radius 1 is 1.58 bits per heavy atom. The molecular formula is C11H15N3O5. The highest BCUT2D eigenvalue weighted by atomic mass is 16.5. The van der Waals surface area contributed by atoms with Crippen molar-refractivity contribution in [3.8, 4) is 5.88 Å². The topological polar surface area (TPSA) is 108 Å². The molecule has 2 atom stereocenters. The predicted octanol–water partition coefficient (Wildman–Crippen LogP) is -0.602. The highest BCUT2D eigenvalue weighted by Crippen LogP contribution is 2.19. The van der Waals surface area contributed by atoms with Crippen LogP contribution in [-0.2, 0) is 9.53 Å². The number of nitrogens with zero attached hydrogens (tertiary/aromatic N) is 2. The van der Waals surface area contributed by atoms with Gasteiger partial charge in [0.2, 0.25) is 11.7 Å². The fourth-order valence-corrected chi connectivity index (χ4v) is 2.03.